The van der Waals surface area contributed by atoms with E-state index in [1.54, 1.807) is 0 Å². The highest BCUT2D eigenvalue weighted by Crippen LogP contribution is 2.32. The summed E-state index contributed by atoms with van der Waals surface area (Å²) in [6, 6.07) is 1.25. The van der Waals surface area contributed by atoms with Crippen LogP contribution < -0.4 is 15.5 Å². The predicted molar refractivity (Wildman–Crippen MR) is 112 cm³/mol. The van der Waals surface area contributed by atoms with Crippen molar-refractivity contribution in [3.05, 3.63) is 17.8 Å². The van der Waals surface area contributed by atoms with Gasteiger partial charge in [-0.2, -0.15) is 15.0 Å². The summed E-state index contributed by atoms with van der Waals surface area (Å²) < 4.78 is 38.7. The number of nitrogen functional groups attached to an aromatic ring is 1. The average Bonchev–Trinajstić information content (AvgIpc) is 2.73. The quantitative estimate of drug-likeness (QED) is 0.775. The van der Waals surface area contributed by atoms with Crippen molar-refractivity contribution in [2.45, 2.75) is 45.3 Å². The Morgan fingerprint density at radius 3 is 2.35 bits per heavy atom. The Labute approximate surface area is 179 Å². The van der Waals surface area contributed by atoms with Gasteiger partial charge in [0.1, 0.15) is 5.82 Å². The summed E-state index contributed by atoms with van der Waals surface area (Å²) in [7, 11) is 0. The van der Waals surface area contributed by atoms with Gasteiger partial charge in [0.05, 0.1) is 44.6 Å². The molecule has 0 saturated carbocycles. The largest absolute Gasteiger partial charge is 0.384 e. The summed E-state index contributed by atoms with van der Waals surface area (Å²) in [5.41, 5.74) is 5.54. The van der Waals surface area contributed by atoms with E-state index >= 15 is 0 Å². The van der Waals surface area contributed by atoms with Crippen molar-refractivity contribution in [1.29, 1.82) is 0 Å². The molecule has 4 rings (SSSR count). The summed E-state index contributed by atoms with van der Waals surface area (Å²) in [4.78, 5) is 22.0. The number of anilines is 3. The number of nitrogens with zero attached hydrogens (tertiary/aromatic N) is 6. The first-order valence-electron chi connectivity index (χ1n) is 10.4. The highest BCUT2D eigenvalue weighted by atomic mass is 19.3. The van der Waals surface area contributed by atoms with Crippen molar-refractivity contribution >= 4 is 17.7 Å². The Hall–Kier alpha value is -2.66. The van der Waals surface area contributed by atoms with Crippen molar-refractivity contribution < 1.29 is 18.3 Å². The lowest BCUT2D eigenvalue weighted by Gasteiger charge is -2.39. The van der Waals surface area contributed by atoms with Crippen LogP contribution in [0.4, 0.5) is 26.5 Å². The maximum atomic E-state index is 13.8. The van der Waals surface area contributed by atoms with Gasteiger partial charge in [-0.25, -0.2) is 13.8 Å². The minimum absolute atomic E-state index is 0.0192. The Bertz CT molecular complexity index is 922. The Balaban J connectivity index is 1.86. The monoisotopic (exact) mass is 435 g/mol. The zero-order valence-corrected chi connectivity index (χ0v) is 17.8. The molecule has 3 atom stereocenters. The molecule has 0 aliphatic carbocycles. The molecule has 0 bridgehead atoms. The van der Waals surface area contributed by atoms with E-state index in [4.69, 9.17) is 20.2 Å². The molecule has 2 unspecified atom stereocenters. The fourth-order valence-electron chi connectivity index (χ4n) is 4.00. The number of pyridine rings is 1. The van der Waals surface area contributed by atoms with Crippen LogP contribution in [0, 0.1) is 0 Å². The second kappa shape index (κ2) is 8.83. The molecule has 0 aromatic carbocycles. The maximum absolute atomic E-state index is 13.8. The number of hydrogen-bond acceptors (Lipinski definition) is 9. The molecule has 2 aromatic rings. The first-order chi connectivity index (χ1) is 14.8. The molecule has 2 N–H and O–H groups in total. The molecule has 2 aromatic heterocycles. The Morgan fingerprint density at radius 2 is 1.68 bits per heavy atom. The molecule has 2 aliphatic rings. The van der Waals surface area contributed by atoms with Crippen LogP contribution in [-0.2, 0) is 9.47 Å². The second-order valence-corrected chi connectivity index (χ2v) is 8.02. The summed E-state index contributed by atoms with van der Waals surface area (Å²) in [5.74, 6) is 1.02. The minimum Gasteiger partial charge on any atom is -0.384 e. The van der Waals surface area contributed by atoms with Crippen LogP contribution in [0.25, 0.3) is 11.4 Å². The number of rotatable bonds is 4. The van der Waals surface area contributed by atoms with Crippen LogP contribution in [0.15, 0.2) is 12.3 Å². The molecule has 0 spiro atoms. The van der Waals surface area contributed by atoms with Crippen molar-refractivity contribution in [1.82, 2.24) is 19.9 Å². The highest BCUT2D eigenvalue weighted by molar-refractivity contribution is 5.64. The maximum Gasteiger partial charge on any atom is 0.264 e. The van der Waals surface area contributed by atoms with Crippen LogP contribution in [0.5, 0.6) is 0 Å². The van der Waals surface area contributed by atoms with Crippen LogP contribution in [0.1, 0.15) is 32.8 Å². The summed E-state index contributed by atoms with van der Waals surface area (Å²) in [6.07, 6.45) is -1.44. The summed E-state index contributed by atoms with van der Waals surface area (Å²) in [6.45, 7) is 8.78. The van der Waals surface area contributed by atoms with E-state index in [9.17, 15) is 8.78 Å². The van der Waals surface area contributed by atoms with E-state index in [1.165, 1.54) is 12.3 Å². The lowest BCUT2D eigenvalue weighted by atomic mass is 10.1. The van der Waals surface area contributed by atoms with Gasteiger partial charge in [0.2, 0.25) is 11.9 Å². The van der Waals surface area contributed by atoms with E-state index in [-0.39, 0.29) is 40.9 Å². The SMILES string of the molecule is CC1COCCN1c1nc(-c2cnc(N)cc2C(F)F)nc(N2C(C)COC[C@@H]2C)n1. The normalized spacial score (nSPS) is 24.6. The summed E-state index contributed by atoms with van der Waals surface area (Å²) >= 11 is 0. The minimum atomic E-state index is -2.74. The number of aromatic nitrogens is 4. The van der Waals surface area contributed by atoms with Gasteiger partial charge in [0.15, 0.2) is 5.82 Å². The standard InChI is InChI=1S/C20H27F2N7O2/c1-11-8-30-5-4-28(11)19-25-18(15-7-24-16(23)6-14(15)17(21)22)26-20(27-19)29-12(2)9-31-10-13(29)3/h6-7,11-13,17H,4-5,8-10H2,1-3H3,(H2,23,24)/t11?,12-,13?/m0/s1. The molecular formula is C20H27F2N7O2. The van der Waals surface area contributed by atoms with Gasteiger partial charge in [0, 0.05) is 23.9 Å². The third kappa shape index (κ3) is 4.38. The topological polar surface area (TPSA) is 103 Å². The predicted octanol–water partition coefficient (Wildman–Crippen LogP) is 2.29. The zero-order valence-electron chi connectivity index (χ0n) is 17.8. The molecular weight excluding hydrogens is 408 g/mol. The van der Waals surface area contributed by atoms with E-state index < -0.39 is 6.43 Å². The fourth-order valence-corrected chi connectivity index (χ4v) is 4.00. The molecule has 2 fully saturated rings. The van der Waals surface area contributed by atoms with Gasteiger partial charge in [-0.3, -0.25) is 0 Å². The van der Waals surface area contributed by atoms with Gasteiger partial charge in [-0.05, 0) is 26.8 Å². The molecule has 31 heavy (non-hydrogen) atoms. The number of morpholine rings is 2. The van der Waals surface area contributed by atoms with E-state index in [0.29, 0.717) is 44.9 Å². The molecule has 2 aliphatic heterocycles. The van der Waals surface area contributed by atoms with E-state index in [0.717, 1.165) is 0 Å². The molecule has 11 heteroatoms. The average molecular weight is 435 g/mol. The fraction of sp³-hybridized carbons (Fsp3) is 0.600. The molecule has 4 heterocycles. The number of ether oxygens (including phenoxy) is 2. The third-order valence-electron chi connectivity index (χ3n) is 5.57. The number of hydrogen-bond donors (Lipinski definition) is 1. The lowest BCUT2D eigenvalue weighted by Crippen LogP contribution is -2.51. The second-order valence-electron chi connectivity index (χ2n) is 8.02. The molecule has 9 nitrogen and oxygen atoms in total. The summed E-state index contributed by atoms with van der Waals surface area (Å²) in [5, 5.41) is 0. The number of alkyl halides is 2. The van der Waals surface area contributed by atoms with Gasteiger partial charge in [0.25, 0.3) is 6.43 Å². The van der Waals surface area contributed by atoms with E-state index in [1.807, 2.05) is 25.7 Å². The molecule has 0 amide bonds. The smallest absolute Gasteiger partial charge is 0.264 e. The molecule has 2 saturated heterocycles. The first kappa shape index (κ1) is 21.6. The van der Waals surface area contributed by atoms with Gasteiger partial charge >= 0.3 is 0 Å². The van der Waals surface area contributed by atoms with Crippen LogP contribution >= 0.6 is 0 Å². The zero-order chi connectivity index (χ0) is 22.1. The number of halogens is 2. The Kier molecular flexibility index (Phi) is 6.15. The third-order valence-corrected chi connectivity index (χ3v) is 5.57. The highest BCUT2D eigenvalue weighted by Gasteiger charge is 2.31. The van der Waals surface area contributed by atoms with Gasteiger partial charge in [-0.15, -0.1) is 0 Å². The van der Waals surface area contributed by atoms with Crippen LogP contribution in [-0.4, -0.2) is 71.0 Å². The van der Waals surface area contributed by atoms with Gasteiger partial charge < -0.3 is 25.0 Å². The van der Waals surface area contributed by atoms with Crippen molar-refractivity contribution in [2.24, 2.45) is 0 Å². The van der Waals surface area contributed by atoms with Crippen molar-refractivity contribution in [2.75, 3.05) is 48.5 Å². The van der Waals surface area contributed by atoms with E-state index in [2.05, 4.69) is 19.9 Å². The first-order valence-corrected chi connectivity index (χ1v) is 10.4. The molecule has 0 radical (unpaired) electrons. The lowest BCUT2D eigenvalue weighted by molar-refractivity contribution is 0.0746. The molecule has 168 valence electrons. The van der Waals surface area contributed by atoms with Crippen molar-refractivity contribution in [3.8, 4) is 11.4 Å². The number of nitrogens with two attached hydrogens (primary N) is 1. The van der Waals surface area contributed by atoms with Crippen LogP contribution in [0.2, 0.25) is 0 Å². The van der Waals surface area contributed by atoms with Crippen LogP contribution in [0.3, 0.4) is 0 Å². The Morgan fingerprint density at radius 1 is 1.00 bits per heavy atom. The van der Waals surface area contributed by atoms with Crippen molar-refractivity contribution in [3.63, 3.8) is 0 Å². The van der Waals surface area contributed by atoms with Gasteiger partial charge in [-0.1, -0.05) is 0 Å².